The molecule has 0 unspecified atom stereocenters. The van der Waals surface area contributed by atoms with Crippen LogP contribution >= 0.6 is 0 Å². The Bertz CT molecular complexity index is 714. The minimum Gasteiger partial charge on any atom is -0.306 e. The Balaban J connectivity index is 2.68. The molecule has 1 N–H and O–H groups in total. The van der Waals surface area contributed by atoms with Gasteiger partial charge in [-0.1, -0.05) is 32.9 Å². The van der Waals surface area contributed by atoms with E-state index in [-0.39, 0.29) is 22.5 Å². The Labute approximate surface area is 115 Å². The zero-order chi connectivity index (χ0) is 14.9. The topological polar surface area (TPSA) is 88.9 Å². The van der Waals surface area contributed by atoms with E-state index in [4.69, 9.17) is 0 Å². The lowest BCUT2D eigenvalue weighted by molar-refractivity contribution is -0.384. The van der Waals surface area contributed by atoms with Crippen LogP contribution in [0, 0.1) is 10.1 Å². The molecule has 0 saturated carbocycles. The Morgan fingerprint density at radius 3 is 2.50 bits per heavy atom. The van der Waals surface area contributed by atoms with Crippen LogP contribution in [0.4, 0.5) is 5.69 Å². The van der Waals surface area contributed by atoms with Crippen molar-refractivity contribution in [2.75, 3.05) is 0 Å². The van der Waals surface area contributed by atoms with Gasteiger partial charge in [0.2, 0.25) is 0 Å². The minimum absolute atomic E-state index is 0.0818. The number of nitro groups is 1. The predicted octanol–water partition coefficient (Wildman–Crippen LogP) is 2.64. The number of H-pyrrole nitrogens is 1. The Hall–Kier alpha value is -2.50. The zero-order valence-corrected chi connectivity index (χ0v) is 11.5. The van der Waals surface area contributed by atoms with Gasteiger partial charge in [0.1, 0.15) is 5.82 Å². The number of nitro benzene ring substituents is 1. The van der Waals surface area contributed by atoms with Crippen molar-refractivity contribution in [3.05, 3.63) is 56.5 Å². The van der Waals surface area contributed by atoms with E-state index in [0.717, 1.165) is 0 Å². The van der Waals surface area contributed by atoms with E-state index in [1.807, 2.05) is 20.8 Å². The summed E-state index contributed by atoms with van der Waals surface area (Å²) in [6, 6.07) is 7.62. The molecule has 0 aliphatic carbocycles. The summed E-state index contributed by atoms with van der Waals surface area (Å²) in [5.41, 5.74) is 0.182. The van der Waals surface area contributed by atoms with E-state index in [1.54, 1.807) is 18.2 Å². The lowest BCUT2D eigenvalue weighted by Crippen LogP contribution is -2.20. The highest BCUT2D eigenvalue weighted by Crippen LogP contribution is 2.27. The summed E-state index contributed by atoms with van der Waals surface area (Å²) in [7, 11) is 0. The van der Waals surface area contributed by atoms with E-state index in [9.17, 15) is 14.9 Å². The van der Waals surface area contributed by atoms with Gasteiger partial charge in [-0.2, -0.15) is 0 Å². The number of benzene rings is 1. The standard InChI is InChI=1S/C14H15N3O3/c1-14(2,3)11-8-12(18)16-13(15-11)9-6-4-5-7-10(9)17(19)20/h4-8H,1-3H3,(H,15,16,18). The van der Waals surface area contributed by atoms with Gasteiger partial charge in [0.05, 0.1) is 16.2 Å². The number of para-hydroxylation sites is 1. The number of rotatable bonds is 2. The average Bonchev–Trinajstić information content (AvgIpc) is 2.37. The van der Waals surface area contributed by atoms with Crippen molar-refractivity contribution in [3.8, 4) is 11.4 Å². The fraction of sp³-hybridized carbons (Fsp3) is 0.286. The van der Waals surface area contributed by atoms with Crippen LogP contribution in [0.1, 0.15) is 26.5 Å². The normalized spacial score (nSPS) is 11.3. The molecule has 6 heteroatoms. The highest BCUT2D eigenvalue weighted by atomic mass is 16.6. The lowest BCUT2D eigenvalue weighted by Gasteiger charge is -2.17. The lowest BCUT2D eigenvalue weighted by atomic mass is 9.92. The molecular weight excluding hydrogens is 258 g/mol. The first kappa shape index (κ1) is 13.9. The van der Waals surface area contributed by atoms with Crippen molar-refractivity contribution in [3.63, 3.8) is 0 Å². The first-order valence-electron chi connectivity index (χ1n) is 6.14. The van der Waals surface area contributed by atoms with Crippen molar-refractivity contribution >= 4 is 5.69 Å². The molecule has 20 heavy (non-hydrogen) atoms. The molecule has 0 radical (unpaired) electrons. The van der Waals surface area contributed by atoms with Crippen molar-refractivity contribution in [2.24, 2.45) is 0 Å². The number of hydrogen-bond donors (Lipinski definition) is 1. The monoisotopic (exact) mass is 273 g/mol. The fourth-order valence-electron chi connectivity index (χ4n) is 1.80. The molecule has 2 aromatic rings. The Kier molecular flexibility index (Phi) is 3.40. The molecule has 0 aliphatic rings. The average molecular weight is 273 g/mol. The summed E-state index contributed by atoms with van der Waals surface area (Å²) < 4.78 is 0. The third-order valence-corrected chi connectivity index (χ3v) is 2.87. The van der Waals surface area contributed by atoms with Crippen LogP contribution in [0.3, 0.4) is 0 Å². The molecule has 0 bridgehead atoms. The van der Waals surface area contributed by atoms with Gasteiger partial charge in [-0.15, -0.1) is 0 Å². The van der Waals surface area contributed by atoms with E-state index >= 15 is 0 Å². The van der Waals surface area contributed by atoms with Crippen molar-refractivity contribution in [1.82, 2.24) is 9.97 Å². The minimum atomic E-state index is -0.487. The highest BCUT2D eigenvalue weighted by Gasteiger charge is 2.21. The number of nitrogens with zero attached hydrogens (tertiary/aromatic N) is 2. The van der Waals surface area contributed by atoms with E-state index in [1.165, 1.54) is 12.1 Å². The maximum absolute atomic E-state index is 11.7. The molecule has 6 nitrogen and oxygen atoms in total. The summed E-state index contributed by atoms with van der Waals surface area (Å²) in [6.07, 6.45) is 0. The Morgan fingerprint density at radius 2 is 1.90 bits per heavy atom. The predicted molar refractivity (Wildman–Crippen MR) is 75.6 cm³/mol. The zero-order valence-electron chi connectivity index (χ0n) is 11.5. The van der Waals surface area contributed by atoms with Gasteiger partial charge in [-0.25, -0.2) is 4.98 Å². The molecule has 0 aliphatic heterocycles. The van der Waals surface area contributed by atoms with Crippen molar-refractivity contribution < 1.29 is 4.92 Å². The fourth-order valence-corrected chi connectivity index (χ4v) is 1.80. The number of nitrogens with one attached hydrogen (secondary N) is 1. The molecule has 1 aromatic carbocycles. The third-order valence-electron chi connectivity index (χ3n) is 2.87. The van der Waals surface area contributed by atoms with Crippen LogP contribution in [0.2, 0.25) is 0 Å². The second-order valence-electron chi connectivity index (χ2n) is 5.50. The van der Waals surface area contributed by atoms with Crippen molar-refractivity contribution in [1.29, 1.82) is 0 Å². The molecule has 0 amide bonds. The Morgan fingerprint density at radius 1 is 1.25 bits per heavy atom. The van der Waals surface area contributed by atoms with Crippen LogP contribution in [-0.4, -0.2) is 14.9 Å². The van der Waals surface area contributed by atoms with E-state index < -0.39 is 4.92 Å². The molecule has 0 atom stereocenters. The number of aromatic amines is 1. The van der Waals surface area contributed by atoms with Gasteiger partial charge in [-0.05, 0) is 6.07 Å². The summed E-state index contributed by atoms with van der Waals surface area (Å²) >= 11 is 0. The molecule has 1 heterocycles. The van der Waals surface area contributed by atoms with Gasteiger partial charge in [-0.3, -0.25) is 14.9 Å². The summed E-state index contributed by atoms with van der Waals surface area (Å²) in [6.45, 7) is 5.79. The van der Waals surface area contributed by atoms with Crippen LogP contribution in [0.15, 0.2) is 35.1 Å². The van der Waals surface area contributed by atoms with Crippen LogP contribution in [0.5, 0.6) is 0 Å². The van der Waals surface area contributed by atoms with Gasteiger partial charge >= 0.3 is 0 Å². The van der Waals surface area contributed by atoms with Gasteiger partial charge < -0.3 is 4.98 Å². The molecule has 0 spiro atoms. The quantitative estimate of drug-likeness (QED) is 0.672. The van der Waals surface area contributed by atoms with Gasteiger partial charge in [0.15, 0.2) is 0 Å². The van der Waals surface area contributed by atoms with Crippen LogP contribution in [-0.2, 0) is 5.41 Å². The maximum Gasteiger partial charge on any atom is 0.280 e. The second-order valence-corrected chi connectivity index (χ2v) is 5.50. The second kappa shape index (κ2) is 4.88. The van der Waals surface area contributed by atoms with Gasteiger partial charge in [0.25, 0.3) is 11.2 Å². The molecular formula is C14H15N3O3. The van der Waals surface area contributed by atoms with E-state index in [2.05, 4.69) is 9.97 Å². The maximum atomic E-state index is 11.7. The first-order valence-corrected chi connectivity index (χ1v) is 6.14. The number of aromatic nitrogens is 2. The summed E-state index contributed by atoms with van der Waals surface area (Å²) in [5, 5.41) is 11.0. The largest absolute Gasteiger partial charge is 0.306 e. The van der Waals surface area contributed by atoms with Crippen LogP contribution < -0.4 is 5.56 Å². The third kappa shape index (κ3) is 2.74. The SMILES string of the molecule is CC(C)(C)c1cc(=O)[nH]c(-c2ccccc2[N+](=O)[O-])n1. The van der Waals surface area contributed by atoms with Crippen molar-refractivity contribution in [2.45, 2.75) is 26.2 Å². The smallest absolute Gasteiger partial charge is 0.280 e. The molecule has 0 saturated heterocycles. The summed E-state index contributed by atoms with van der Waals surface area (Å²) in [5.74, 6) is 0.217. The molecule has 1 aromatic heterocycles. The molecule has 2 rings (SSSR count). The first-order chi connectivity index (χ1) is 9.29. The summed E-state index contributed by atoms with van der Waals surface area (Å²) in [4.78, 5) is 29.2. The van der Waals surface area contributed by atoms with Crippen LogP contribution in [0.25, 0.3) is 11.4 Å². The highest BCUT2D eigenvalue weighted by molar-refractivity contribution is 5.67. The van der Waals surface area contributed by atoms with E-state index in [0.29, 0.717) is 11.3 Å². The molecule has 104 valence electrons. The number of hydrogen-bond acceptors (Lipinski definition) is 4. The molecule has 0 fully saturated rings. The van der Waals surface area contributed by atoms with Gasteiger partial charge in [0, 0.05) is 17.5 Å².